The molecule has 0 aliphatic rings. The Balaban J connectivity index is 0.00000281. The van der Waals surface area contributed by atoms with Crippen LogP contribution in [0.15, 0.2) is 52.4 Å². The van der Waals surface area contributed by atoms with Gasteiger partial charge in [0.05, 0.1) is 33.6 Å². The second-order valence-electron chi connectivity index (χ2n) is 6.67. The molecule has 0 aromatic heterocycles. The van der Waals surface area contributed by atoms with Crippen LogP contribution >= 0.6 is 12.2 Å². The number of sulfone groups is 1. The summed E-state index contributed by atoms with van der Waals surface area (Å²) in [6.45, 7) is 0.862. The summed E-state index contributed by atoms with van der Waals surface area (Å²) in [7, 11) is -3.70. The molecule has 1 atom stereocenters. The summed E-state index contributed by atoms with van der Waals surface area (Å²) in [6, 6.07) is 6.64. The number of carbonyl (C=O) groups is 1. The van der Waals surface area contributed by atoms with Crippen molar-refractivity contribution in [3.8, 4) is 0 Å². The van der Waals surface area contributed by atoms with Gasteiger partial charge in [-0.25, -0.2) is 8.42 Å². The molecule has 184 valence electrons. The smallest absolute Gasteiger partial charge is 0.379 e. The molecular weight excluding hydrogens is 506 g/mol. The fourth-order valence-electron chi connectivity index (χ4n) is 2.57. The van der Waals surface area contributed by atoms with E-state index >= 15 is 0 Å². The number of nitrogens with one attached hydrogen (secondary N) is 1. The molecule has 9 nitrogen and oxygen atoms in total. The second-order valence-corrected chi connectivity index (χ2v) is 8.84. The molecule has 0 radical (unpaired) electrons. The summed E-state index contributed by atoms with van der Waals surface area (Å²) in [4.78, 5) is 25.4. The molecule has 0 saturated carbocycles. The van der Waals surface area contributed by atoms with E-state index in [9.17, 15) is 46.0 Å². The van der Waals surface area contributed by atoms with Gasteiger partial charge in [-0.1, -0.05) is 0 Å². The SMILES string of the molecule is CF.C[C@@](O)(CS(=O)(=O)c1ccc(N=C=S)cc1)C(=O)Nc1ccc([N+](=O)[O-])c(C(F)(F)F)c1. The summed E-state index contributed by atoms with van der Waals surface area (Å²) in [5.41, 5.74) is -5.60. The van der Waals surface area contributed by atoms with Gasteiger partial charge in [0.15, 0.2) is 15.4 Å². The average Bonchev–Trinajstić information content (AvgIpc) is 2.74. The number of nitro groups is 1. The zero-order chi connectivity index (χ0) is 26.3. The molecule has 0 aliphatic heterocycles. The van der Waals surface area contributed by atoms with Crippen molar-refractivity contribution in [3.05, 3.63) is 58.1 Å². The Hall–Kier alpha value is -3.26. The maximum Gasteiger partial charge on any atom is 0.423 e. The van der Waals surface area contributed by atoms with Gasteiger partial charge in [-0.2, -0.15) is 18.2 Å². The molecule has 2 rings (SSSR count). The van der Waals surface area contributed by atoms with Gasteiger partial charge in [0.25, 0.3) is 11.6 Å². The summed E-state index contributed by atoms with van der Waals surface area (Å²) < 4.78 is 73.9. The fourth-order valence-corrected chi connectivity index (χ4v) is 4.26. The predicted molar refractivity (Wildman–Crippen MR) is 118 cm³/mol. The number of nitrogens with zero attached hydrogens (tertiary/aromatic N) is 2. The number of isothiocyanates is 1. The van der Waals surface area contributed by atoms with Gasteiger partial charge in [0.2, 0.25) is 0 Å². The van der Waals surface area contributed by atoms with Crippen molar-refractivity contribution in [1.82, 2.24) is 0 Å². The van der Waals surface area contributed by atoms with Crippen LogP contribution < -0.4 is 5.32 Å². The number of carbonyl (C=O) groups excluding carboxylic acids is 1. The fraction of sp³-hybridized carbons (Fsp3) is 0.263. The van der Waals surface area contributed by atoms with Gasteiger partial charge in [0.1, 0.15) is 5.56 Å². The van der Waals surface area contributed by atoms with Crippen molar-refractivity contribution in [2.45, 2.75) is 23.6 Å². The number of alkyl halides is 4. The molecule has 0 heterocycles. The van der Waals surface area contributed by atoms with Gasteiger partial charge in [-0.05, 0) is 55.5 Å². The summed E-state index contributed by atoms with van der Waals surface area (Å²) in [6.07, 6.45) is -5.09. The topological polar surface area (TPSA) is 139 Å². The molecule has 0 saturated heterocycles. The van der Waals surface area contributed by atoms with Crippen LogP contribution in [0.2, 0.25) is 0 Å². The van der Waals surface area contributed by atoms with E-state index in [0.717, 1.165) is 13.0 Å². The van der Waals surface area contributed by atoms with Gasteiger partial charge >= 0.3 is 6.18 Å². The van der Waals surface area contributed by atoms with Crippen LogP contribution in [-0.2, 0) is 20.8 Å². The number of benzene rings is 2. The molecule has 0 bridgehead atoms. The third-order valence-corrected chi connectivity index (χ3v) is 6.11. The number of amides is 1. The van der Waals surface area contributed by atoms with Crippen LogP contribution in [0.3, 0.4) is 0 Å². The zero-order valence-electron chi connectivity index (χ0n) is 17.5. The minimum absolute atomic E-state index is 0.247. The van der Waals surface area contributed by atoms with Gasteiger partial charge in [0, 0.05) is 11.8 Å². The van der Waals surface area contributed by atoms with Crippen molar-refractivity contribution in [3.63, 3.8) is 0 Å². The zero-order valence-corrected chi connectivity index (χ0v) is 19.1. The first-order valence-corrected chi connectivity index (χ1v) is 10.9. The van der Waals surface area contributed by atoms with Crippen LogP contribution in [-0.4, -0.2) is 48.0 Å². The number of aliphatic imine (C=N–C) groups is 1. The van der Waals surface area contributed by atoms with Crippen LogP contribution in [0.1, 0.15) is 12.5 Å². The third-order valence-electron chi connectivity index (χ3n) is 4.09. The Labute approximate surface area is 196 Å². The van der Waals surface area contributed by atoms with E-state index in [1.807, 2.05) is 5.32 Å². The maximum absolute atomic E-state index is 13.1. The van der Waals surface area contributed by atoms with Crippen LogP contribution in [0, 0.1) is 10.1 Å². The second kappa shape index (κ2) is 11.2. The molecule has 0 unspecified atom stereocenters. The van der Waals surface area contributed by atoms with Crippen molar-refractivity contribution in [2.75, 3.05) is 18.2 Å². The average molecular weight is 523 g/mol. The van der Waals surface area contributed by atoms with Crippen molar-refractivity contribution in [1.29, 1.82) is 0 Å². The highest BCUT2D eigenvalue weighted by Crippen LogP contribution is 2.37. The van der Waals surface area contributed by atoms with E-state index < -0.39 is 55.1 Å². The lowest BCUT2D eigenvalue weighted by Crippen LogP contribution is -2.45. The predicted octanol–water partition coefficient (Wildman–Crippen LogP) is 4.10. The number of hydrogen-bond acceptors (Lipinski definition) is 8. The lowest BCUT2D eigenvalue weighted by atomic mass is 10.1. The van der Waals surface area contributed by atoms with Crippen molar-refractivity contribution < 1.29 is 40.8 Å². The molecule has 15 heteroatoms. The lowest BCUT2D eigenvalue weighted by Gasteiger charge is -2.22. The van der Waals surface area contributed by atoms with E-state index in [-0.39, 0.29) is 4.90 Å². The van der Waals surface area contributed by atoms with Gasteiger partial charge in [-0.3, -0.25) is 19.3 Å². The van der Waals surface area contributed by atoms with Crippen LogP contribution in [0.5, 0.6) is 0 Å². The molecule has 2 N–H and O–H groups in total. The molecule has 2 aromatic rings. The monoisotopic (exact) mass is 523 g/mol. The standard InChI is InChI=1S/C18H14F3N3O6S2.CH3F/c1-17(26,9-32(29,30)13-5-2-11(3-6-13)22-10-31)16(25)23-12-4-7-15(24(27)28)14(8-12)18(19,20)21;1-2/h2-8,26H,9H2,1H3,(H,23,25);1H3/t17-;/m1./s1. The number of aliphatic hydroxyl groups is 1. The minimum Gasteiger partial charge on any atom is -0.379 e. The highest BCUT2D eigenvalue weighted by molar-refractivity contribution is 7.91. The maximum atomic E-state index is 13.1. The van der Waals surface area contributed by atoms with Crippen LogP contribution in [0.25, 0.3) is 0 Å². The highest BCUT2D eigenvalue weighted by Gasteiger charge is 2.40. The van der Waals surface area contributed by atoms with Gasteiger partial charge in [-0.15, -0.1) is 0 Å². The number of anilines is 1. The molecule has 0 spiro atoms. The Morgan fingerprint density at radius 1 is 1.21 bits per heavy atom. The Kier molecular flexibility index (Phi) is 9.52. The number of hydrogen-bond donors (Lipinski definition) is 2. The molecule has 34 heavy (non-hydrogen) atoms. The highest BCUT2D eigenvalue weighted by atomic mass is 32.2. The molecule has 2 aromatic carbocycles. The molecular formula is C19H17F4N3O6S2. The third kappa shape index (κ3) is 7.38. The van der Waals surface area contributed by atoms with Gasteiger partial charge < -0.3 is 10.4 Å². The largest absolute Gasteiger partial charge is 0.423 e. The summed E-state index contributed by atoms with van der Waals surface area (Å²) in [5, 5.41) is 25.2. The van der Waals surface area contributed by atoms with Crippen molar-refractivity contribution >= 4 is 50.2 Å². The van der Waals surface area contributed by atoms with E-state index in [2.05, 4.69) is 22.4 Å². The first-order chi connectivity index (χ1) is 15.7. The van der Waals surface area contributed by atoms with E-state index in [1.54, 1.807) is 0 Å². The van der Waals surface area contributed by atoms with Crippen LogP contribution in [0.4, 0.5) is 34.6 Å². The molecule has 1 amide bonds. The Morgan fingerprint density at radius 2 is 1.76 bits per heavy atom. The number of nitro benzene ring substituents is 1. The normalized spacial score (nSPS) is 12.9. The van der Waals surface area contributed by atoms with E-state index in [1.165, 1.54) is 24.3 Å². The Bertz CT molecular complexity index is 1210. The van der Waals surface area contributed by atoms with E-state index in [4.69, 9.17) is 0 Å². The minimum atomic E-state index is -5.09. The Morgan fingerprint density at radius 3 is 2.24 bits per heavy atom. The van der Waals surface area contributed by atoms with E-state index in [0.29, 0.717) is 25.0 Å². The van der Waals surface area contributed by atoms with Crippen molar-refractivity contribution in [2.24, 2.45) is 4.99 Å². The first-order valence-electron chi connectivity index (χ1n) is 8.85. The molecule has 0 aliphatic carbocycles. The quantitative estimate of drug-likeness (QED) is 0.183. The number of thiocarbonyl (C=S) groups is 1. The molecule has 0 fully saturated rings. The first kappa shape index (κ1) is 28.8. The number of rotatable bonds is 7. The summed E-state index contributed by atoms with van der Waals surface area (Å²) >= 11 is 4.43. The lowest BCUT2D eigenvalue weighted by molar-refractivity contribution is -0.388. The number of halogens is 4. The summed E-state index contributed by atoms with van der Waals surface area (Å²) in [5.74, 6) is -2.43.